The number of benzene rings is 1. The quantitative estimate of drug-likeness (QED) is 0.833. The van der Waals surface area contributed by atoms with Crippen molar-refractivity contribution in [3.8, 4) is 0 Å². The van der Waals surface area contributed by atoms with E-state index in [0.717, 1.165) is 25.7 Å². The predicted octanol–water partition coefficient (Wildman–Crippen LogP) is 1.95. The highest BCUT2D eigenvalue weighted by Gasteiger charge is 2.34. The number of anilines is 1. The van der Waals surface area contributed by atoms with Gasteiger partial charge in [0.25, 0.3) is 5.91 Å². The second-order valence-corrected chi connectivity index (χ2v) is 6.34. The van der Waals surface area contributed by atoms with Crippen molar-refractivity contribution in [2.24, 2.45) is 17.6 Å². The first-order chi connectivity index (χ1) is 10.6. The fraction of sp³-hybridized carbons (Fsp3) is 0.529. The molecule has 2 aliphatic rings. The predicted molar refractivity (Wildman–Crippen MR) is 92.9 cm³/mol. The third-order valence-corrected chi connectivity index (χ3v) is 4.53. The summed E-state index contributed by atoms with van der Waals surface area (Å²) in [6.07, 6.45) is 4.16. The number of rotatable bonds is 6. The molecule has 1 aromatic rings. The largest absolute Gasteiger partial charge is 0.348 e. The Morgan fingerprint density at radius 1 is 1.26 bits per heavy atom. The molecule has 2 saturated carbocycles. The fourth-order valence-electron chi connectivity index (χ4n) is 2.79. The Kier molecular flexibility index (Phi) is 5.65. The van der Waals surface area contributed by atoms with Crippen LogP contribution in [0.4, 0.5) is 5.69 Å². The Balaban J connectivity index is 0.00000192. The van der Waals surface area contributed by atoms with E-state index in [-0.39, 0.29) is 36.2 Å². The highest BCUT2D eigenvalue weighted by atomic mass is 35.5. The van der Waals surface area contributed by atoms with Crippen LogP contribution in [0.5, 0.6) is 0 Å². The normalized spacial score (nSPS) is 17.8. The number of nitrogens with two attached hydrogens (primary N) is 1. The number of halogens is 1. The molecule has 3 rings (SSSR count). The van der Waals surface area contributed by atoms with Crippen molar-refractivity contribution in [2.45, 2.75) is 31.7 Å². The van der Waals surface area contributed by atoms with Gasteiger partial charge in [-0.3, -0.25) is 9.59 Å². The summed E-state index contributed by atoms with van der Waals surface area (Å²) < 4.78 is 0. The minimum absolute atomic E-state index is 0. The zero-order valence-electron chi connectivity index (χ0n) is 13.3. The molecule has 2 fully saturated rings. The van der Waals surface area contributed by atoms with Crippen LogP contribution < -0.4 is 16.0 Å². The molecule has 2 aliphatic carbocycles. The molecule has 0 saturated heterocycles. The first-order valence-electron chi connectivity index (χ1n) is 7.99. The molecule has 23 heavy (non-hydrogen) atoms. The Morgan fingerprint density at radius 3 is 2.48 bits per heavy atom. The molecule has 0 aliphatic heterocycles. The number of amides is 2. The van der Waals surface area contributed by atoms with Gasteiger partial charge in [-0.15, -0.1) is 12.4 Å². The van der Waals surface area contributed by atoms with Crippen LogP contribution in [-0.2, 0) is 4.79 Å². The van der Waals surface area contributed by atoms with Crippen LogP contribution in [0.1, 0.15) is 36.0 Å². The number of para-hydroxylation sites is 1. The van der Waals surface area contributed by atoms with Gasteiger partial charge < -0.3 is 16.0 Å². The van der Waals surface area contributed by atoms with Crippen LogP contribution >= 0.6 is 12.4 Å². The van der Waals surface area contributed by atoms with Gasteiger partial charge in [-0.2, -0.15) is 0 Å². The average molecular weight is 338 g/mol. The van der Waals surface area contributed by atoms with Crippen LogP contribution in [-0.4, -0.2) is 31.4 Å². The summed E-state index contributed by atoms with van der Waals surface area (Å²) in [6, 6.07) is 7.29. The van der Waals surface area contributed by atoms with Crippen molar-refractivity contribution in [2.75, 3.05) is 18.5 Å². The molecule has 1 atom stereocenters. The lowest BCUT2D eigenvalue weighted by molar-refractivity contribution is -0.119. The van der Waals surface area contributed by atoms with Crippen LogP contribution in [0.2, 0.25) is 0 Å². The second kappa shape index (κ2) is 7.32. The Hall–Kier alpha value is -1.59. The lowest BCUT2D eigenvalue weighted by Gasteiger charge is -2.22. The molecule has 3 N–H and O–H groups in total. The van der Waals surface area contributed by atoms with Crippen molar-refractivity contribution >= 4 is 29.9 Å². The van der Waals surface area contributed by atoms with Gasteiger partial charge in [0.15, 0.2) is 0 Å². The van der Waals surface area contributed by atoms with E-state index in [1.165, 1.54) is 0 Å². The zero-order valence-corrected chi connectivity index (χ0v) is 14.1. The molecule has 1 aromatic carbocycles. The van der Waals surface area contributed by atoms with Crippen LogP contribution in [0.3, 0.4) is 0 Å². The smallest absolute Gasteiger partial charge is 0.253 e. The summed E-state index contributed by atoms with van der Waals surface area (Å²) in [5.74, 6) is 0.586. The van der Waals surface area contributed by atoms with E-state index in [9.17, 15) is 9.59 Å². The molecule has 0 spiro atoms. The maximum Gasteiger partial charge on any atom is 0.253 e. The summed E-state index contributed by atoms with van der Waals surface area (Å²) in [6.45, 7) is 0.454. The van der Waals surface area contributed by atoms with Crippen molar-refractivity contribution < 1.29 is 9.59 Å². The van der Waals surface area contributed by atoms with Gasteiger partial charge >= 0.3 is 0 Å². The van der Waals surface area contributed by atoms with Gasteiger partial charge in [0, 0.05) is 25.6 Å². The minimum atomic E-state index is -0.145. The molecule has 5 nitrogen and oxygen atoms in total. The summed E-state index contributed by atoms with van der Waals surface area (Å²) in [5.41, 5.74) is 6.96. The first-order valence-corrected chi connectivity index (χ1v) is 7.99. The molecule has 126 valence electrons. The van der Waals surface area contributed by atoms with Crippen LogP contribution in [0, 0.1) is 11.8 Å². The molecule has 6 heteroatoms. The van der Waals surface area contributed by atoms with E-state index >= 15 is 0 Å². The van der Waals surface area contributed by atoms with Gasteiger partial charge in [0.1, 0.15) is 0 Å². The van der Waals surface area contributed by atoms with Gasteiger partial charge in [-0.05, 0) is 43.7 Å². The second-order valence-electron chi connectivity index (χ2n) is 6.34. The highest BCUT2D eigenvalue weighted by molar-refractivity contribution is 6.05. The van der Waals surface area contributed by atoms with Crippen molar-refractivity contribution in [1.82, 2.24) is 5.32 Å². The maximum atomic E-state index is 12.6. The van der Waals surface area contributed by atoms with Crippen molar-refractivity contribution in [3.63, 3.8) is 0 Å². The summed E-state index contributed by atoms with van der Waals surface area (Å²) in [4.78, 5) is 26.4. The van der Waals surface area contributed by atoms with E-state index in [2.05, 4.69) is 5.32 Å². The topological polar surface area (TPSA) is 75.4 Å². The molecule has 0 heterocycles. The highest BCUT2D eigenvalue weighted by Crippen LogP contribution is 2.34. The van der Waals surface area contributed by atoms with E-state index in [1.807, 2.05) is 18.2 Å². The molecule has 0 radical (unpaired) electrons. The van der Waals surface area contributed by atoms with E-state index in [0.29, 0.717) is 23.7 Å². The lowest BCUT2D eigenvalue weighted by atomic mass is 10.1. The first kappa shape index (κ1) is 17.8. The number of hydrogen-bond donors (Lipinski definition) is 2. The third-order valence-electron chi connectivity index (χ3n) is 4.53. The van der Waals surface area contributed by atoms with Crippen LogP contribution in [0.25, 0.3) is 0 Å². The Labute approximate surface area is 143 Å². The molecular weight excluding hydrogens is 314 g/mol. The summed E-state index contributed by atoms with van der Waals surface area (Å²) in [7, 11) is 1.74. The number of hydrogen-bond acceptors (Lipinski definition) is 3. The molecular formula is C17H24ClN3O2. The van der Waals surface area contributed by atoms with E-state index in [4.69, 9.17) is 5.73 Å². The van der Waals surface area contributed by atoms with Gasteiger partial charge in [-0.1, -0.05) is 12.1 Å². The van der Waals surface area contributed by atoms with Gasteiger partial charge in [-0.25, -0.2) is 0 Å². The maximum absolute atomic E-state index is 12.6. The lowest BCUT2D eigenvalue weighted by Crippen LogP contribution is -2.42. The van der Waals surface area contributed by atoms with Gasteiger partial charge in [0.05, 0.1) is 11.3 Å². The SMILES string of the molecule is CN(C(=O)C1CC1)c1ccccc1C(=O)NC(CN)C1CC1.Cl. The number of nitrogens with one attached hydrogen (secondary N) is 1. The van der Waals surface area contributed by atoms with E-state index in [1.54, 1.807) is 18.0 Å². The van der Waals surface area contributed by atoms with Crippen LogP contribution in [0.15, 0.2) is 24.3 Å². The molecule has 0 bridgehead atoms. The third kappa shape index (κ3) is 4.03. The molecule has 0 aromatic heterocycles. The Morgan fingerprint density at radius 2 is 1.91 bits per heavy atom. The van der Waals surface area contributed by atoms with Crippen molar-refractivity contribution in [1.29, 1.82) is 0 Å². The number of nitrogens with zero attached hydrogens (tertiary/aromatic N) is 1. The summed E-state index contributed by atoms with van der Waals surface area (Å²) >= 11 is 0. The standard InChI is InChI=1S/C17H23N3O2.ClH/c1-20(17(22)12-8-9-12)15-5-3-2-4-13(15)16(21)19-14(10-18)11-6-7-11;/h2-5,11-12,14H,6-10,18H2,1H3,(H,19,21);1H. The van der Waals surface area contributed by atoms with Crippen molar-refractivity contribution in [3.05, 3.63) is 29.8 Å². The summed E-state index contributed by atoms with van der Waals surface area (Å²) in [5, 5.41) is 3.02. The fourth-order valence-corrected chi connectivity index (χ4v) is 2.79. The zero-order chi connectivity index (χ0) is 15.7. The average Bonchev–Trinajstić information content (AvgIpc) is 3.41. The van der Waals surface area contributed by atoms with E-state index < -0.39 is 0 Å². The molecule has 2 amide bonds. The Bertz CT molecular complexity index is 585. The minimum Gasteiger partial charge on any atom is -0.348 e. The molecule has 1 unspecified atom stereocenters. The van der Waals surface area contributed by atoms with Gasteiger partial charge in [0.2, 0.25) is 5.91 Å². The number of carbonyl (C=O) groups excluding carboxylic acids is 2. The monoisotopic (exact) mass is 337 g/mol. The number of carbonyl (C=O) groups is 2.